The van der Waals surface area contributed by atoms with E-state index in [1.807, 2.05) is 31.2 Å². The summed E-state index contributed by atoms with van der Waals surface area (Å²) in [5, 5.41) is 9.58. The third-order valence-electron chi connectivity index (χ3n) is 3.55. The van der Waals surface area contributed by atoms with Gasteiger partial charge in [0.2, 0.25) is 0 Å². The Hall–Kier alpha value is -2.82. The highest BCUT2D eigenvalue weighted by Gasteiger charge is 2.16. The highest BCUT2D eigenvalue weighted by molar-refractivity contribution is 5.93. The predicted octanol–water partition coefficient (Wildman–Crippen LogP) is 2.52. The molecule has 1 amide bonds. The van der Waals surface area contributed by atoms with E-state index in [2.05, 4.69) is 0 Å². The molecule has 2 rings (SSSR count). The summed E-state index contributed by atoms with van der Waals surface area (Å²) in [5.74, 6) is -1.20. The molecule has 0 spiro atoms. The molecule has 0 saturated heterocycles. The number of phenols is 1. The number of carbonyl (C=O) groups is 2. The lowest BCUT2D eigenvalue weighted by Crippen LogP contribution is -2.31. The van der Waals surface area contributed by atoms with Crippen LogP contribution in [0.2, 0.25) is 0 Å². The van der Waals surface area contributed by atoms with E-state index >= 15 is 0 Å². The number of carbonyl (C=O) groups excluding carboxylic acids is 2. The van der Waals surface area contributed by atoms with Crippen LogP contribution < -0.4 is 0 Å². The maximum Gasteiger partial charge on any atom is 0.342 e. The molecule has 0 bridgehead atoms. The first-order valence-electron chi connectivity index (χ1n) is 7.22. The van der Waals surface area contributed by atoms with E-state index in [1.54, 1.807) is 19.2 Å². The minimum atomic E-state index is -0.722. The lowest BCUT2D eigenvalue weighted by atomic mass is 10.1. The van der Waals surface area contributed by atoms with Crippen LogP contribution in [0.1, 0.15) is 21.5 Å². The number of para-hydroxylation sites is 1. The van der Waals surface area contributed by atoms with E-state index in [4.69, 9.17) is 4.74 Å². The number of likely N-dealkylation sites (N-methyl/N-ethyl adjacent to an activating group) is 1. The Bertz CT molecular complexity index is 712. The maximum absolute atomic E-state index is 12.1. The molecule has 0 aliphatic rings. The number of aryl methyl sites for hydroxylation is 1. The fourth-order valence-electron chi connectivity index (χ4n) is 2.09. The van der Waals surface area contributed by atoms with Crippen molar-refractivity contribution in [1.82, 2.24) is 4.90 Å². The third-order valence-corrected chi connectivity index (χ3v) is 3.55. The van der Waals surface area contributed by atoms with Crippen molar-refractivity contribution in [3.8, 4) is 5.75 Å². The molecule has 2 aromatic rings. The third kappa shape index (κ3) is 4.32. The highest BCUT2D eigenvalue weighted by atomic mass is 16.5. The van der Waals surface area contributed by atoms with Gasteiger partial charge >= 0.3 is 5.97 Å². The molecule has 0 fully saturated rings. The Kier molecular flexibility index (Phi) is 5.36. The maximum atomic E-state index is 12.1. The lowest BCUT2D eigenvalue weighted by molar-refractivity contribution is -0.133. The fourth-order valence-corrected chi connectivity index (χ4v) is 2.09. The number of amides is 1. The molecule has 1 N–H and O–H groups in total. The van der Waals surface area contributed by atoms with Gasteiger partial charge in [-0.15, -0.1) is 0 Å². The van der Waals surface area contributed by atoms with Gasteiger partial charge in [-0.2, -0.15) is 0 Å². The van der Waals surface area contributed by atoms with Crippen molar-refractivity contribution >= 4 is 11.9 Å². The van der Waals surface area contributed by atoms with Crippen LogP contribution >= 0.6 is 0 Å². The number of hydrogen-bond acceptors (Lipinski definition) is 4. The Morgan fingerprint density at radius 2 is 1.74 bits per heavy atom. The molecule has 0 heterocycles. The number of rotatable bonds is 5. The first-order chi connectivity index (χ1) is 11.0. The molecule has 120 valence electrons. The van der Waals surface area contributed by atoms with Crippen molar-refractivity contribution in [2.45, 2.75) is 13.5 Å². The molecular formula is C18H19NO4. The van der Waals surface area contributed by atoms with Crippen molar-refractivity contribution in [2.24, 2.45) is 0 Å². The van der Waals surface area contributed by atoms with E-state index in [1.165, 1.54) is 17.0 Å². The number of aromatic hydroxyl groups is 1. The SMILES string of the molecule is Cc1ccccc1CN(C)C(=O)COC(=O)c1ccccc1O. The van der Waals surface area contributed by atoms with E-state index in [0.717, 1.165) is 11.1 Å². The van der Waals surface area contributed by atoms with Gasteiger partial charge in [0.15, 0.2) is 6.61 Å². The second kappa shape index (κ2) is 7.45. The number of benzene rings is 2. The van der Waals surface area contributed by atoms with Crippen molar-refractivity contribution in [1.29, 1.82) is 0 Å². The predicted molar refractivity (Wildman–Crippen MR) is 86.0 cm³/mol. The normalized spacial score (nSPS) is 10.2. The van der Waals surface area contributed by atoms with Gasteiger partial charge in [0.05, 0.1) is 0 Å². The van der Waals surface area contributed by atoms with Crippen LogP contribution in [0.4, 0.5) is 0 Å². The molecule has 0 aliphatic carbocycles. The zero-order valence-corrected chi connectivity index (χ0v) is 13.2. The molecule has 0 aromatic heterocycles. The molecule has 0 atom stereocenters. The van der Waals surface area contributed by atoms with Gasteiger partial charge in [0.25, 0.3) is 5.91 Å². The molecule has 23 heavy (non-hydrogen) atoms. The van der Waals surface area contributed by atoms with Crippen LogP contribution in [0.3, 0.4) is 0 Å². The van der Waals surface area contributed by atoms with Crippen LogP contribution in [0, 0.1) is 6.92 Å². The first-order valence-corrected chi connectivity index (χ1v) is 7.22. The van der Waals surface area contributed by atoms with Gasteiger partial charge in [-0.25, -0.2) is 4.79 Å². The van der Waals surface area contributed by atoms with Crippen molar-refractivity contribution in [2.75, 3.05) is 13.7 Å². The second-order valence-electron chi connectivity index (χ2n) is 5.27. The number of esters is 1. The average Bonchev–Trinajstić information content (AvgIpc) is 2.54. The van der Waals surface area contributed by atoms with Gasteiger partial charge in [-0.1, -0.05) is 36.4 Å². The summed E-state index contributed by atoms with van der Waals surface area (Å²) < 4.78 is 4.97. The van der Waals surface area contributed by atoms with Gasteiger partial charge in [0, 0.05) is 13.6 Å². The van der Waals surface area contributed by atoms with E-state index in [9.17, 15) is 14.7 Å². The van der Waals surface area contributed by atoms with Crippen LogP contribution in [-0.4, -0.2) is 35.5 Å². The summed E-state index contributed by atoms with van der Waals surface area (Å²) in [5.41, 5.74) is 2.18. The smallest absolute Gasteiger partial charge is 0.342 e. The Balaban J connectivity index is 1.91. The van der Waals surface area contributed by atoms with Gasteiger partial charge in [0.1, 0.15) is 11.3 Å². The summed E-state index contributed by atoms with van der Waals surface area (Å²) in [6.07, 6.45) is 0. The number of hydrogen-bond donors (Lipinski definition) is 1. The van der Waals surface area contributed by atoms with Crippen LogP contribution in [-0.2, 0) is 16.1 Å². The largest absolute Gasteiger partial charge is 0.507 e. The number of nitrogens with zero attached hydrogens (tertiary/aromatic N) is 1. The molecule has 0 saturated carbocycles. The summed E-state index contributed by atoms with van der Waals surface area (Å²) in [6, 6.07) is 13.8. The van der Waals surface area contributed by atoms with Crippen molar-refractivity contribution in [3.05, 3.63) is 65.2 Å². The standard InChI is InChI=1S/C18H19NO4/c1-13-7-3-4-8-14(13)11-19(2)17(21)12-23-18(22)15-9-5-6-10-16(15)20/h3-10,20H,11-12H2,1-2H3. The van der Waals surface area contributed by atoms with Crippen LogP contribution in [0.25, 0.3) is 0 Å². The second-order valence-corrected chi connectivity index (χ2v) is 5.27. The van der Waals surface area contributed by atoms with E-state index in [0.29, 0.717) is 6.54 Å². The first kappa shape index (κ1) is 16.5. The number of phenolic OH excluding ortho intramolecular Hbond substituents is 1. The molecule has 2 aromatic carbocycles. The Morgan fingerprint density at radius 3 is 2.43 bits per heavy atom. The minimum Gasteiger partial charge on any atom is -0.507 e. The van der Waals surface area contributed by atoms with Gasteiger partial charge in [-0.05, 0) is 30.2 Å². The van der Waals surface area contributed by atoms with Gasteiger partial charge in [-0.3, -0.25) is 4.79 Å². The average molecular weight is 313 g/mol. The Morgan fingerprint density at radius 1 is 1.09 bits per heavy atom. The zero-order chi connectivity index (χ0) is 16.8. The van der Waals surface area contributed by atoms with Crippen LogP contribution in [0.5, 0.6) is 5.75 Å². The minimum absolute atomic E-state index is 0.0434. The molecule has 5 heteroatoms. The Labute approximate surface area is 135 Å². The van der Waals surface area contributed by atoms with E-state index in [-0.39, 0.29) is 23.8 Å². The van der Waals surface area contributed by atoms with Crippen molar-refractivity contribution < 1.29 is 19.4 Å². The summed E-state index contributed by atoms with van der Waals surface area (Å²) in [6.45, 7) is 2.06. The molecule has 0 unspecified atom stereocenters. The van der Waals surface area contributed by atoms with Crippen molar-refractivity contribution in [3.63, 3.8) is 0 Å². The molecule has 5 nitrogen and oxygen atoms in total. The zero-order valence-electron chi connectivity index (χ0n) is 13.2. The monoisotopic (exact) mass is 313 g/mol. The van der Waals surface area contributed by atoms with Gasteiger partial charge < -0.3 is 14.7 Å². The molecule has 0 radical (unpaired) electrons. The van der Waals surface area contributed by atoms with E-state index < -0.39 is 5.97 Å². The summed E-state index contributed by atoms with van der Waals surface area (Å²) >= 11 is 0. The number of ether oxygens (including phenoxy) is 1. The lowest BCUT2D eigenvalue weighted by Gasteiger charge is -2.18. The topological polar surface area (TPSA) is 66.8 Å². The van der Waals surface area contributed by atoms with Crippen LogP contribution in [0.15, 0.2) is 48.5 Å². The summed E-state index contributed by atoms with van der Waals surface area (Å²) in [4.78, 5) is 25.4. The highest BCUT2D eigenvalue weighted by Crippen LogP contribution is 2.16. The quantitative estimate of drug-likeness (QED) is 0.861. The molecule has 0 aliphatic heterocycles. The molecular weight excluding hydrogens is 294 g/mol. The fraction of sp³-hybridized carbons (Fsp3) is 0.222. The summed E-state index contributed by atoms with van der Waals surface area (Å²) in [7, 11) is 1.66.